The number of rotatable bonds is 5. The van der Waals surface area contributed by atoms with Gasteiger partial charge >= 0.3 is 6.18 Å². The molecule has 0 saturated heterocycles. The highest BCUT2D eigenvalue weighted by Crippen LogP contribution is 2.19. The lowest BCUT2D eigenvalue weighted by Gasteiger charge is -2.15. The van der Waals surface area contributed by atoms with Crippen LogP contribution in [0.4, 0.5) is 13.2 Å². The van der Waals surface area contributed by atoms with E-state index in [9.17, 15) is 18.0 Å². The van der Waals surface area contributed by atoms with Gasteiger partial charge in [0, 0.05) is 12.7 Å². The van der Waals surface area contributed by atoms with Crippen LogP contribution in [0.3, 0.4) is 0 Å². The Morgan fingerprint density at radius 1 is 1.58 bits per heavy atom. The van der Waals surface area contributed by atoms with Gasteiger partial charge in [0.15, 0.2) is 6.10 Å². The van der Waals surface area contributed by atoms with Crippen molar-refractivity contribution in [2.24, 2.45) is 0 Å². The first-order chi connectivity index (χ1) is 8.75. The van der Waals surface area contributed by atoms with Gasteiger partial charge in [0.25, 0.3) is 5.91 Å². The summed E-state index contributed by atoms with van der Waals surface area (Å²) in [4.78, 5) is 11.7. The molecule has 1 heterocycles. The first-order valence-electron chi connectivity index (χ1n) is 5.64. The Morgan fingerprint density at radius 3 is 2.74 bits per heavy atom. The Morgan fingerprint density at radius 2 is 2.21 bits per heavy atom. The number of hydrogen-bond donors (Lipinski definition) is 2. The molecule has 0 radical (unpaired) electrons. The summed E-state index contributed by atoms with van der Waals surface area (Å²) in [5, 5.41) is 11.1. The van der Waals surface area contributed by atoms with Gasteiger partial charge in [-0.2, -0.15) is 13.2 Å². The highest BCUT2D eigenvalue weighted by molar-refractivity contribution is 6.31. The lowest BCUT2D eigenvalue weighted by Crippen LogP contribution is -2.41. The Labute approximate surface area is 113 Å². The molecule has 1 rings (SSSR count). The molecule has 0 aliphatic heterocycles. The summed E-state index contributed by atoms with van der Waals surface area (Å²) < 4.78 is 37.8. The van der Waals surface area contributed by atoms with Gasteiger partial charge in [-0.3, -0.25) is 4.79 Å². The minimum Gasteiger partial charge on any atom is -0.382 e. The molecule has 2 N–H and O–H groups in total. The minimum atomic E-state index is -4.75. The van der Waals surface area contributed by atoms with Crippen LogP contribution in [0.25, 0.3) is 0 Å². The number of amides is 1. The van der Waals surface area contributed by atoms with Crippen LogP contribution in [0.1, 0.15) is 23.8 Å². The zero-order valence-corrected chi connectivity index (χ0v) is 10.9. The number of alkyl halides is 3. The average molecular weight is 299 g/mol. The summed E-state index contributed by atoms with van der Waals surface area (Å²) in [7, 11) is 0. The van der Waals surface area contributed by atoms with E-state index in [0.717, 1.165) is 6.42 Å². The van der Waals surface area contributed by atoms with Gasteiger partial charge in [0.05, 0.1) is 11.6 Å². The van der Waals surface area contributed by atoms with Crippen LogP contribution in [0, 0.1) is 0 Å². The second kappa shape index (κ2) is 6.29. The lowest BCUT2D eigenvalue weighted by molar-refractivity contribution is -0.201. The van der Waals surface area contributed by atoms with Gasteiger partial charge in [-0.1, -0.05) is 18.5 Å². The van der Waals surface area contributed by atoms with E-state index < -0.39 is 24.7 Å². The third-order valence-electron chi connectivity index (χ3n) is 2.39. The summed E-state index contributed by atoms with van der Waals surface area (Å²) in [5.41, 5.74) is 0.168. The van der Waals surface area contributed by atoms with Crippen molar-refractivity contribution in [2.75, 3.05) is 6.54 Å². The summed E-state index contributed by atoms with van der Waals surface area (Å²) in [6.07, 6.45) is -5.06. The van der Waals surface area contributed by atoms with Gasteiger partial charge in [0.2, 0.25) is 0 Å². The molecule has 0 spiro atoms. The smallest absolute Gasteiger partial charge is 0.382 e. The van der Waals surface area contributed by atoms with Crippen LogP contribution in [0.15, 0.2) is 12.3 Å². The number of hydrogen-bond acceptors (Lipinski definition) is 2. The Bertz CT molecular complexity index is 446. The predicted octanol–water partition coefficient (Wildman–Crippen LogP) is 2.20. The Hall–Kier alpha value is -1.21. The van der Waals surface area contributed by atoms with Crippen LogP contribution in [-0.4, -0.2) is 34.4 Å². The average Bonchev–Trinajstić information content (AvgIpc) is 2.66. The monoisotopic (exact) mass is 298 g/mol. The van der Waals surface area contributed by atoms with E-state index in [1.807, 2.05) is 12.2 Å². The first kappa shape index (κ1) is 15.8. The van der Waals surface area contributed by atoms with Crippen molar-refractivity contribution >= 4 is 17.5 Å². The number of nitrogens with one attached hydrogen (secondary N) is 1. The van der Waals surface area contributed by atoms with Crippen molar-refractivity contribution in [3.63, 3.8) is 0 Å². The molecule has 1 amide bonds. The van der Waals surface area contributed by atoms with Gasteiger partial charge < -0.3 is 15.0 Å². The zero-order chi connectivity index (χ0) is 14.6. The second-order valence-corrected chi connectivity index (χ2v) is 4.44. The van der Waals surface area contributed by atoms with E-state index in [2.05, 4.69) is 0 Å². The highest BCUT2D eigenvalue weighted by atomic mass is 35.5. The third kappa shape index (κ3) is 4.43. The number of aryl methyl sites for hydroxylation is 1. The van der Waals surface area contributed by atoms with Crippen LogP contribution < -0.4 is 5.32 Å². The summed E-state index contributed by atoms with van der Waals surface area (Å²) in [6.45, 7) is 1.53. The Balaban J connectivity index is 2.68. The summed E-state index contributed by atoms with van der Waals surface area (Å²) in [5.74, 6) is -0.705. The molecule has 108 valence electrons. The molecule has 0 aliphatic rings. The molecule has 0 bridgehead atoms. The van der Waals surface area contributed by atoms with Crippen LogP contribution in [0.2, 0.25) is 5.02 Å². The van der Waals surface area contributed by atoms with E-state index in [-0.39, 0.29) is 5.69 Å². The fraction of sp³-hybridized carbons (Fsp3) is 0.545. The maximum absolute atomic E-state index is 12.1. The standard InChI is InChI=1S/C11H14ClF3N2O2/c1-2-3-17-6-7(12)4-8(17)10(19)16-5-9(18)11(13,14)15/h4,6,9,18H,2-3,5H2,1H3,(H,16,19). The van der Waals surface area contributed by atoms with Crippen LogP contribution in [-0.2, 0) is 6.54 Å². The van der Waals surface area contributed by atoms with E-state index >= 15 is 0 Å². The van der Waals surface area contributed by atoms with Crippen molar-refractivity contribution in [3.05, 3.63) is 23.0 Å². The number of aliphatic hydroxyl groups is 1. The van der Waals surface area contributed by atoms with Gasteiger partial charge in [-0.15, -0.1) is 0 Å². The zero-order valence-electron chi connectivity index (χ0n) is 10.2. The van der Waals surface area contributed by atoms with Crippen molar-refractivity contribution in [2.45, 2.75) is 32.2 Å². The molecule has 8 heteroatoms. The predicted molar refractivity (Wildman–Crippen MR) is 64.1 cm³/mol. The maximum atomic E-state index is 12.1. The molecule has 1 atom stereocenters. The molecule has 0 aromatic carbocycles. The molecule has 1 aromatic rings. The molecule has 0 saturated carbocycles. The summed E-state index contributed by atoms with van der Waals surface area (Å²) in [6, 6.07) is 1.37. The molecular weight excluding hydrogens is 285 g/mol. The normalized spacial score (nSPS) is 13.4. The number of carbonyl (C=O) groups excluding carboxylic acids is 1. The molecule has 1 unspecified atom stereocenters. The van der Waals surface area contributed by atoms with Crippen molar-refractivity contribution in [1.29, 1.82) is 0 Å². The fourth-order valence-electron chi connectivity index (χ4n) is 1.49. The van der Waals surface area contributed by atoms with Crippen LogP contribution in [0.5, 0.6) is 0 Å². The van der Waals surface area contributed by atoms with Crippen molar-refractivity contribution < 1.29 is 23.1 Å². The van der Waals surface area contributed by atoms with Gasteiger partial charge in [-0.25, -0.2) is 0 Å². The number of aliphatic hydroxyl groups excluding tert-OH is 1. The number of aromatic nitrogens is 1. The number of nitrogens with zero attached hydrogens (tertiary/aromatic N) is 1. The van der Waals surface area contributed by atoms with Gasteiger partial charge in [-0.05, 0) is 12.5 Å². The van der Waals surface area contributed by atoms with E-state index in [4.69, 9.17) is 16.7 Å². The largest absolute Gasteiger partial charge is 0.416 e. The van der Waals surface area contributed by atoms with Crippen LogP contribution >= 0.6 is 11.6 Å². The molecule has 4 nitrogen and oxygen atoms in total. The SMILES string of the molecule is CCCn1cc(Cl)cc1C(=O)NCC(O)C(F)(F)F. The Kier molecular flexibility index (Phi) is 5.25. The number of halogens is 4. The van der Waals surface area contributed by atoms with E-state index in [0.29, 0.717) is 11.6 Å². The second-order valence-electron chi connectivity index (χ2n) is 4.00. The number of carbonyl (C=O) groups is 1. The highest BCUT2D eigenvalue weighted by Gasteiger charge is 2.38. The molecule has 19 heavy (non-hydrogen) atoms. The fourth-order valence-corrected chi connectivity index (χ4v) is 1.71. The minimum absolute atomic E-state index is 0.168. The van der Waals surface area contributed by atoms with Crippen molar-refractivity contribution in [1.82, 2.24) is 9.88 Å². The first-order valence-corrected chi connectivity index (χ1v) is 6.02. The lowest BCUT2D eigenvalue weighted by atomic mass is 10.3. The van der Waals surface area contributed by atoms with E-state index in [1.54, 1.807) is 4.57 Å². The van der Waals surface area contributed by atoms with Gasteiger partial charge in [0.1, 0.15) is 5.69 Å². The van der Waals surface area contributed by atoms with Crippen molar-refractivity contribution in [3.8, 4) is 0 Å². The maximum Gasteiger partial charge on any atom is 0.416 e. The molecule has 0 fully saturated rings. The topological polar surface area (TPSA) is 54.3 Å². The third-order valence-corrected chi connectivity index (χ3v) is 2.60. The molecule has 1 aromatic heterocycles. The summed E-state index contributed by atoms with van der Waals surface area (Å²) >= 11 is 5.75. The molecular formula is C11H14ClF3N2O2. The van der Waals surface area contributed by atoms with E-state index in [1.165, 1.54) is 12.3 Å². The quantitative estimate of drug-likeness (QED) is 0.875. The molecule has 0 aliphatic carbocycles.